The molecule has 5 rings (SSSR count). The Hall–Kier alpha value is -5.09. The molecule has 5 atom stereocenters. The van der Waals surface area contributed by atoms with Gasteiger partial charge in [-0.05, 0) is 42.5 Å². The van der Waals surface area contributed by atoms with Gasteiger partial charge in [-0.2, -0.15) is 0 Å². The molecule has 1 aromatic carbocycles. The van der Waals surface area contributed by atoms with E-state index in [4.69, 9.17) is 28.1 Å². The standard InChI is InChI=1S/C32H31BrN4O11/c1-17(38)44-16-28-29(45-18(2)39)30(46-19(3)40)31(47-20(4)41)32(48-28)37-15-23(34-35-37)14-36-13-21(24-12-22(33)8-9-25(24)36)7-10-26(42)27-6-5-11-43-27/h5-13,15,28-32H,14,16H2,1-4H3/b10-7+/t28-,29+,30+,31-,32-/m1/s1. The van der Waals surface area contributed by atoms with E-state index in [0.717, 1.165) is 41.7 Å². The fourth-order valence-corrected chi connectivity index (χ4v) is 5.69. The number of furan rings is 1. The van der Waals surface area contributed by atoms with Gasteiger partial charge in [-0.25, -0.2) is 4.68 Å². The van der Waals surface area contributed by atoms with Crippen molar-refractivity contribution in [1.82, 2.24) is 19.6 Å². The Labute approximate surface area is 281 Å². The highest BCUT2D eigenvalue weighted by atomic mass is 79.9. The largest absolute Gasteiger partial charge is 0.463 e. The third-order valence-electron chi connectivity index (χ3n) is 7.17. The fourth-order valence-electron chi connectivity index (χ4n) is 5.33. The van der Waals surface area contributed by atoms with Crippen LogP contribution in [0.2, 0.25) is 0 Å². The maximum atomic E-state index is 12.5. The van der Waals surface area contributed by atoms with E-state index in [9.17, 15) is 24.0 Å². The van der Waals surface area contributed by atoms with Gasteiger partial charge in [-0.15, -0.1) is 5.10 Å². The zero-order chi connectivity index (χ0) is 34.5. The molecule has 0 amide bonds. The van der Waals surface area contributed by atoms with E-state index in [1.165, 1.54) is 23.9 Å². The molecular weight excluding hydrogens is 696 g/mol. The van der Waals surface area contributed by atoms with Crippen molar-refractivity contribution in [3.05, 3.63) is 76.6 Å². The molecule has 0 bridgehead atoms. The molecule has 4 aromatic rings. The Morgan fingerprint density at radius 2 is 1.62 bits per heavy atom. The molecule has 15 nitrogen and oxygen atoms in total. The summed E-state index contributed by atoms with van der Waals surface area (Å²) < 4.78 is 37.1. The number of hydrogen-bond acceptors (Lipinski definition) is 13. The third kappa shape index (κ3) is 8.06. The van der Waals surface area contributed by atoms with Gasteiger partial charge in [0, 0.05) is 54.8 Å². The van der Waals surface area contributed by atoms with E-state index in [0.29, 0.717) is 5.69 Å². The molecule has 0 N–H and O–H groups in total. The number of rotatable bonds is 11. The van der Waals surface area contributed by atoms with Gasteiger partial charge in [0.15, 0.2) is 30.3 Å². The van der Waals surface area contributed by atoms with E-state index in [2.05, 4.69) is 26.2 Å². The number of aromatic nitrogens is 4. The minimum absolute atomic E-state index is 0.218. The first kappa shape index (κ1) is 34.3. The number of carbonyl (C=O) groups excluding carboxylic acids is 5. The average molecular weight is 728 g/mol. The van der Waals surface area contributed by atoms with E-state index in [-0.39, 0.29) is 24.7 Å². The van der Waals surface area contributed by atoms with E-state index in [1.807, 2.05) is 29.0 Å². The molecule has 0 spiro atoms. The number of nitrogens with zero attached hydrogens (tertiary/aromatic N) is 4. The molecule has 0 saturated carbocycles. The number of fused-ring (bicyclic) bond motifs is 1. The van der Waals surface area contributed by atoms with Crippen LogP contribution in [0, 0.1) is 0 Å². The van der Waals surface area contributed by atoms with Crippen LogP contribution < -0.4 is 0 Å². The Morgan fingerprint density at radius 3 is 2.29 bits per heavy atom. The molecule has 4 heterocycles. The van der Waals surface area contributed by atoms with Crippen molar-refractivity contribution in [3.63, 3.8) is 0 Å². The molecule has 1 aliphatic rings. The summed E-state index contributed by atoms with van der Waals surface area (Å²) in [5.74, 6) is -2.92. The van der Waals surface area contributed by atoms with Crippen LogP contribution in [0.1, 0.15) is 55.7 Å². The van der Waals surface area contributed by atoms with Crippen LogP contribution in [0.4, 0.5) is 0 Å². The van der Waals surface area contributed by atoms with E-state index in [1.54, 1.807) is 24.4 Å². The lowest BCUT2D eigenvalue weighted by Gasteiger charge is -2.44. The highest BCUT2D eigenvalue weighted by molar-refractivity contribution is 9.10. The van der Waals surface area contributed by atoms with Crippen molar-refractivity contribution in [2.45, 2.75) is 64.9 Å². The molecule has 252 valence electrons. The maximum absolute atomic E-state index is 12.5. The first-order valence-corrected chi connectivity index (χ1v) is 15.4. The molecule has 48 heavy (non-hydrogen) atoms. The summed E-state index contributed by atoms with van der Waals surface area (Å²) >= 11 is 3.51. The van der Waals surface area contributed by atoms with Gasteiger partial charge >= 0.3 is 23.9 Å². The maximum Gasteiger partial charge on any atom is 0.303 e. The monoisotopic (exact) mass is 726 g/mol. The van der Waals surface area contributed by atoms with Crippen molar-refractivity contribution < 1.29 is 52.1 Å². The van der Waals surface area contributed by atoms with Crippen LogP contribution >= 0.6 is 15.9 Å². The van der Waals surface area contributed by atoms with Crippen molar-refractivity contribution in [2.75, 3.05) is 6.61 Å². The molecular formula is C32H31BrN4O11. The summed E-state index contributed by atoms with van der Waals surface area (Å²) in [5, 5.41) is 9.37. The van der Waals surface area contributed by atoms with Gasteiger partial charge in [0.05, 0.1) is 19.0 Å². The van der Waals surface area contributed by atoms with Gasteiger partial charge in [-0.1, -0.05) is 21.1 Å². The van der Waals surface area contributed by atoms with Crippen LogP contribution in [0.5, 0.6) is 0 Å². The van der Waals surface area contributed by atoms with Crippen molar-refractivity contribution in [1.29, 1.82) is 0 Å². The van der Waals surface area contributed by atoms with Crippen molar-refractivity contribution in [3.8, 4) is 0 Å². The first-order chi connectivity index (χ1) is 22.9. The lowest BCUT2D eigenvalue weighted by molar-refractivity contribution is -0.270. The fraction of sp³-hybridized carbons (Fsp3) is 0.344. The smallest absolute Gasteiger partial charge is 0.303 e. The van der Waals surface area contributed by atoms with Crippen LogP contribution in [-0.4, -0.2) is 80.2 Å². The summed E-state index contributed by atoms with van der Waals surface area (Å²) in [5.41, 5.74) is 2.06. The number of hydrogen-bond donors (Lipinski definition) is 0. The molecule has 0 unspecified atom stereocenters. The quantitative estimate of drug-likeness (QED) is 0.0944. The number of benzene rings is 1. The molecule has 16 heteroatoms. The van der Waals surface area contributed by atoms with Crippen LogP contribution in [0.25, 0.3) is 17.0 Å². The average Bonchev–Trinajstić information content (AvgIpc) is 3.78. The topological polar surface area (TPSA) is 180 Å². The van der Waals surface area contributed by atoms with Gasteiger partial charge in [0.1, 0.15) is 18.4 Å². The Morgan fingerprint density at radius 1 is 0.917 bits per heavy atom. The SMILES string of the molecule is CC(=O)OC[C@H]1O[C@@H](n2cc(Cn3cc(/C=C/C(=O)c4ccco4)c4cc(Br)ccc43)nn2)[C@H](OC(C)=O)[C@@H](OC(C)=O)[C@H]1OC(C)=O. The van der Waals surface area contributed by atoms with Crippen LogP contribution in [0.15, 0.2) is 64.0 Å². The second-order valence-corrected chi connectivity index (χ2v) is 11.7. The van der Waals surface area contributed by atoms with Crippen LogP contribution in [-0.2, 0) is 49.4 Å². The molecule has 3 aromatic heterocycles. The number of ketones is 1. The molecule has 0 aliphatic carbocycles. The predicted octanol–water partition coefficient (Wildman–Crippen LogP) is 3.79. The lowest BCUT2D eigenvalue weighted by atomic mass is 9.97. The molecule has 1 aliphatic heterocycles. The zero-order valence-electron chi connectivity index (χ0n) is 26.2. The summed E-state index contributed by atoms with van der Waals surface area (Å²) in [6.07, 6.45) is 1.60. The summed E-state index contributed by atoms with van der Waals surface area (Å²) in [4.78, 5) is 60.6. The van der Waals surface area contributed by atoms with Crippen molar-refractivity contribution >= 4 is 62.6 Å². The number of allylic oxidation sites excluding steroid dienone is 1. The minimum Gasteiger partial charge on any atom is -0.463 e. The van der Waals surface area contributed by atoms with E-state index < -0.39 is 54.5 Å². The number of halogens is 1. The zero-order valence-corrected chi connectivity index (χ0v) is 27.8. The number of carbonyl (C=O) groups is 5. The Balaban J connectivity index is 1.47. The normalized spacial score (nSPS) is 20.8. The first-order valence-electron chi connectivity index (χ1n) is 14.6. The van der Waals surface area contributed by atoms with Gasteiger partial charge in [0.2, 0.25) is 5.78 Å². The van der Waals surface area contributed by atoms with Crippen molar-refractivity contribution in [2.24, 2.45) is 0 Å². The predicted molar refractivity (Wildman–Crippen MR) is 168 cm³/mol. The summed E-state index contributed by atoms with van der Waals surface area (Å²) in [6, 6.07) is 8.95. The highest BCUT2D eigenvalue weighted by Crippen LogP contribution is 2.35. The number of ether oxygens (including phenoxy) is 5. The second kappa shape index (κ2) is 14.8. The second-order valence-electron chi connectivity index (χ2n) is 10.8. The molecule has 0 radical (unpaired) electrons. The number of esters is 4. The Bertz CT molecular complexity index is 1860. The lowest BCUT2D eigenvalue weighted by Crippen LogP contribution is -2.60. The summed E-state index contributed by atoms with van der Waals surface area (Å²) in [7, 11) is 0. The summed E-state index contributed by atoms with van der Waals surface area (Å²) in [6.45, 7) is 4.49. The van der Waals surface area contributed by atoms with E-state index >= 15 is 0 Å². The Kier molecular flexibility index (Phi) is 10.5. The molecule has 1 fully saturated rings. The highest BCUT2D eigenvalue weighted by Gasteiger charge is 2.53. The van der Waals surface area contributed by atoms with Gasteiger partial charge < -0.3 is 32.7 Å². The third-order valence-corrected chi connectivity index (χ3v) is 7.66. The minimum atomic E-state index is -1.35. The molecule has 1 saturated heterocycles. The van der Waals surface area contributed by atoms with Gasteiger partial charge in [-0.3, -0.25) is 24.0 Å². The van der Waals surface area contributed by atoms with Crippen LogP contribution in [0.3, 0.4) is 0 Å². The van der Waals surface area contributed by atoms with Gasteiger partial charge in [0.25, 0.3) is 0 Å².